The fourth-order valence-corrected chi connectivity index (χ4v) is 4.29. The maximum atomic E-state index is 12.6. The molecule has 0 bridgehead atoms. The summed E-state index contributed by atoms with van der Waals surface area (Å²) in [6.07, 6.45) is 5.54. The molecule has 0 N–H and O–H groups in total. The van der Waals surface area contributed by atoms with Crippen molar-refractivity contribution < 1.29 is 4.79 Å². The van der Waals surface area contributed by atoms with Crippen molar-refractivity contribution in [3.8, 4) is 12.3 Å². The average Bonchev–Trinajstić information content (AvgIpc) is 3.00. The quantitative estimate of drug-likeness (QED) is 0.459. The number of aromatic nitrogens is 1. The van der Waals surface area contributed by atoms with Crippen LogP contribution in [0.4, 0.5) is 0 Å². The Bertz CT molecular complexity index is 1260. The molecule has 0 aliphatic carbocycles. The van der Waals surface area contributed by atoms with Crippen LogP contribution < -0.4 is 4.80 Å². The van der Waals surface area contributed by atoms with Gasteiger partial charge in [-0.05, 0) is 23.6 Å². The molecule has 0 spiro atoms. The van der Waals surface area contributed by atoms with E-state index in [2.05, 4.69) is 29.1 Å². The Morgan fingerprint density at radius 1 is 1.12 bits per heavy atom. The Labute approximate surface area is 159 Å². The number of fused-ring (bicyclic) bond motifs is 3. The Balaban J connectivity index is 1.98. The largest absolute Gasteiger partial charge is 0.305 e. The molecule has 1 amide bonds. The minimum atomic E-state index is -0.378. The van der Waals surface area contributed by atoms with Gasteiger partial charge in [0.2, 0.25) is 0 Å². The van der Waals surface area contributed by atoms with Crippen LogP contribution in [0.1, 0.15) is 10.4 Å². The molecule has 0 unspecified atom stereocenters. The summed E-state index contributed by atoms with van der Waals surface area (Å²) < 4.78 is 2.95. The number of terminal acetylenes is 1. The van der Waals surface area contributed by atoms with E-state index < -0.39 is 0 Å². The smallest absolute Gasteiger partial charge is 0.281 e. The van der Waals surface area contributed by atoms with Gasteiger partial charge in [-0.2, -0.15) is 4.99 Å². The molecule has 0 aliphatic heterocycles. The van der Waals surface area contributed by atoms with Crippen LogP contribution in [0.3, 0.4) is 0 Å². The number of thiazole rings is 1. The number of hydrogen-bond acceptors (Lipinski definition) is 2. The SMILES string of the molecule is C#CCn1c(=NC(=O)c2ccccc2Cl)sc2c3ccccc3ccc21. The van der Waals surface area contributed by atoms with Crippen LogP contribution >= 0.6 is 22.9 Å². The first-order chi connectivity index (χ1) is 12.7. The second kappa shape index (κ2) is 6.80. The second-order valence-corrected chi connectivity index (χ2v) is 7.09. The first-order valence-corrected chi connectivity index (χ1v) is 9.16. The number of carbonyl (C=O) groups excluding carboxylic acids is 1. The van der Waals surface area contributed by atoms with E-state index in [0.29, 0.717) is 21.9 Å². The van der Waals surface area contributed by atoms with Crippen molar-refractivity contribution >= 4 is 49.8 Å². The summed E-state index contributed by atoms with van der Waals surface area (Å²) in [5.74, 6) is 2.27. The second-order valence-electron chi connectivity index (χ2n) is 5.71. The van der Waals surface area contributed by atoms with E-state index in [-0.39, 0.29) is 5.91 Å². The van der Waals surface area contributed by atoms with Gasteiger partial charge in [-0.3, -0.25) is 4.79 Å². The normalized spacial score (nSPS) is 11.8. The van der Waals surface area contributed by atoms with Crippen molar-refractivity contribution in [2.75, 3.05) is 0 Å². The third-order valence-corrected chi connectivity index (χ3v) is 5.58. The highest BCUT2D eigenvalue weighted by Crippen LogP contribution is 2.27. The lowest BCUT2D eigenvalue weighted by atomic mass is 10.1. The average molecular weight is 377 g/mol. The van der Waals surface area contributed by atoms with Gasteiger partial charge in [0.15, 0.2) is 4.80 Å². The molecule has 5 heteroatoms. The zero-order chi connectivity index (χ0) is 18.1. The zero-order valence-corrected chi connectivity index (χ0v) is 15.2. The van der Waals surface area contributed by atoms with Gasteiger partial charge in [-0.1, -0.05) is 71.3 Å². The predicted octanol–water partition coefficient (Wildman–Crippen LogP) is 4.88. The maximum absolute atomic E-state index is 12.6. The molecule has 0 aliphatic rings. The fraction of sp³-hybridized carbons (Fsp3) is 0.0476. The van der Waals surface area contributed by atoms with E-state index >= 15 is 0 Å². The monoisotopic (exact) mass is 376 g/mol. The van der Waals surface area contributed by atoms with E-state index in [1.807, 2.05) is 22.8 Å². The van der Waals surface area contributed by atoms with Crippen molar-refractivity contribution in [2.24, 2.45) is 4.99 Å². The molecule has 0 radical (unpaired) electrons. The first-order valence-electron chi connectivity index (χ1n) is 7.97. The van der Waals surface area contributed by atoms with Crippen molar-refractivity contribution in [3.63, 3.8) is 0 Å². The molecule has 4 rings (SSSR count). The van der Waals surface area contributed by atoms with Crippen LogP contribution in [0.5, 0.6) is 0 Å². The van der Waals surface area contributed by atoms with E-state index in [9.17, 15) is 4.79 Å². The Morgan fingerprint density at radius 2 is 1.88 bits per heavy atom. The molecular formula is C21H13ClN2OS. The lowest BCUT2D eigenvalue weighted by molar-refractivity contribution is 0.0998. The number of carbonyl (C=O) groups is 1. The maximum Gasteiger partial charge on any atom is 0.281 e. The first kappa shape index (κ1) is 16.6. The molecule has 1 aromatic heterocycles. The molecule has 126 valence electrons. The van der Waals surface area contributed by atoms with E-state index in [1.165, 1.54) is 11.3 Å². The van der Waals surface area contributed by atoms with Crippen molar-refractivity contribution in [1.82, 2.24) is 4.57 Å². The minimum absolute atomic E-state index is 0.340. The van der Waals surface area contributed by atoms with Crippen LogP contribution in [-0.4, -0.2) is 10.5 Å². The standard InChI is InChI=1S/C21H13ClN2OS/c1-2-13-24-18-12-11-14-7-3-4-8-15(14)19(18)26-21(24)23-20(25)16-9-5-6-10-17(16)22/h1,3-12H,13H2. The summed E-state index contributed by atoms with van der Waals surface area (Å²) in [5, 5.41) is 2.64. The van der Waals surface area contributed by atoms with Crippen LogP contribution in [0.2, 0.25) is 5.02 Å². The Kier molecular flexibility index (Phi) is 4.34. The summed E-state index contributed by atoms with van der Waals surface area (Å²) >= 11 is 7.59. The molecule has 0 fully saturated rings. The predicted molar refractivity (Wildman–Crippen MR) is 107 cm³/mol. The van der Waals surface area contributed by atoms with Crippen molar-refractivity contribution in [1.29, 1.82) is 0 Å². The minimum Gasteiger partial charge on any atom is -0.305 e. The Morgan fingerprint density at radius 3 is 2.69 bits per heavy atom. The summed E-state index contributed by atoms with van der Waals surface area (Å²) in [7, 11) is 0. The van der Waals surface area contributed by atoms with Crippen LogP contribution in [-0.2, 0) is 6.54 Å². The summed E-state index contributed by atoms with van der Waals surface area (Å²) in [6, 6.07) is 19.1. The summed E-state index contributed by atoms with van der Waals surface area (Å²) in [4.78, 5) is 17.5. The van der Waals surface area contributed by atoms with Crippen LogP contribution in [0.15, 0.2) is 65.7 Å². The molecule has 1 heterocycles. The molecule has 4 aromatic rings. The van der Waals surface area contributed by atoms with E-state index in [0.717, 1.165) is 21.0 Å². The number of amides is 1. The van der Waals surface area contributed by atoms with Gasteiger partial charge in [0.25, 0.3) is 5.91 Å². The number of rotatable bonds is 2. The van der Waals surface area contributed by atoms with Gasteiger partial charge in [0.1, 0.15) is 0 Å². The lowest BCUT2D eigenvalue weighted by Gasteiger charge is -2.02. The van der Waals surface area contributed by atoms with Gasteiger partial charge in [0, 0.05) is 5.39 Å². The number of benzene rings is 3. The summed E-state index contributed by atoms with van der Waals surface area (Å²) in [5.41, 5.74) is 1.35. The molecule has 3 nitrogen and oxygen atoms in total. The zero-order valence-electron chi connectivity index (χ0n) is 13.6. The summed E-state index contributed by atoms with van der Waals surface area (Å²) in [6.45, 7) is 0.340. The number of halogens is 1. The molecule has 0 saturated heterocycles. The van der Waals surface area contributed by atoms with Gasteiger partial charge in [-0.25, -0.2) is 0 Å². The van der Waals surface area contributed by atoms with Crippen LogP contribution in [0.25, 0.3) is 21.0 Å². The van der Waals surface area contributed by atoms with Gasteiger partial charge >= 0.3 is 0 Å². The van der Waals surface area contributed by atoms with Crippen molar-refractivity contribution in [2.45, 2.75) is 6.54 Å². The molecule has 0 atom stereocenters. The van der Waals surface area contributed by atoms with Gasteiger partial charge < -0.3 is 4.57 Å². The third kappa shape index (κ3) is 2.82. The molecule has 26 heavy (non-hydrogen) atoms. The van der Waals surface area contributed by atoms with Gasteiger partial charge in [-0.15, -0.1) is 6.42 Å². The third-order valence-electron chi connectivity index (χ3n) is 4.12. The van der Waals surface area contributed by atoms with E-state index in [4.69, 9.17) is 18.0 Å². The van der Waals surface area contributed by atoms with Crippen molar-refractivity contribution in [3.05, 3.63) is 76.1 Å². The molecule has 0 saturated carbocycles. The number of nitrogens with zero attached hydrogens (tertiary/aromatic N) is 2. The highest BCUT2D eigenvalue weighted by Gasteiger charge is 2.12. The van der Waals surface area contributed by atoms with E-state index in [1.54, 1.807) is 24.3 Å². The van der Waals surface area contributed by atoms with Gasteiger partial charge in [0.05, 0.1) is 27.3 Å². The number of hydrogen-bond donors (Lipinski definition) is 0. The fourth-order valence-electron chi connectivity index (χ4n) is 2.91. The highest BCUT2D eigenvalue weighted by molar-refractivity contribution is 7.17. The molecule has 3 aromatic carbocycles. The highest BCUT2D eigenvalue weighted by atomic mass is 35.5. The lowest BCUT2D eigenvalue weighted by Crippen LogP contribution is -2.16. The molecular weight excluding hydrogens is 364 g/mol. The van der Waals surface area contributed by atoms with Crippen LogP contribution in [0, 0.1) is 12.3 Å². The Hall–Kier alpha value is -2.87. The topological polar surface area (TPSA) is 34.4 Å².